The second-order valence-electron chi connectivity index (χ2n) is 8.09. The van der Waals surface area contributed by atoms with Gasteiger partial charge in [-0.2, -0.15) is 0 Å². The van der Waals surface area contributed by atoms with Crippen LogP contribution in [-0.4, -0.2) is 41.6 Å². The molecule has 2 heterocycles. The van der Waals surface area contributed by atoms with Crippen molar-refractivity contribution in [1.29, 1.82) is 0 Å². The lowest BCUT2D eigenvalue weighted by Gasteiger charge is -2.33. The van der Waals surface area contributed by atoms with Crippen LogP contribution in [0.15, 0.2) is 77.6 Å². The molecule has 4 aromatic rings. The molecule has 2 amide bonds. The first-order valence-corrected chi connectivity index (χ1v) is 11.0. The van der Waals surface area contributed by atoms with E-state index in [2.05, 4.69) is 0 Å². The highest BCUT2D eigenvalue weighted by molar-refractivity contribution is 5.99. The van der Waals surface area contributed by atoms with E-state index in [1.54, 1.807) is 77.4 Å². The van der Waals surface area contributed by atoms with Crippen molar-refractivity contribution >= 4 is 45.3 Å². The van der Waals surface area contributed by atoms with Crippen LogP contribution in [0.4, 0.5) is 5.69 Å². The van der Waals surface area contributed by atoms with E-state index in [9.17, 15) is 19.2 Å². The maximum Gasteiger partial charge on any atom is 0.326 e. The molecule has 0 fully saturated rings. The van der Waals surface area contributed by atoms with E-state index in [1.165, 1.54) is 4.90 Å². The van der Waals surface area contributed by atoms with Gasteiger partial charge in [-0.25, -0.2) is 0 Å². The summed E-state index contributed by atoms with van der Waals surface area (Å²) in [7, 11) is 0. The number of ether oxygens (including phenoxy) is 2. The van der Waals surface area contributed by atoms with Crippen LogP contribution >= 0.6 is 0 Å². The number of esters is 1. The van der Waals surface area contributed by atoms with Crippen molar-refractivity contribution < 1.29 is 23.9 Å². The number of amides is 2. The molecular formula is C26H21N3O6. The molecule has 5 rings (SSSR count). The van der Waals surface area contributed by atoms with Gasteiger partial charge in [0.15, 0.2) is 18.1 Å². The number of hydrogen-bond donors (Lipinski definition) is 1. The van der Waals surface area contributed by atoms with Crippen molar-refractivity contribution in [3.05, 3.63) is 83.0 Å². The van der Waals surface area contributed by atoms with Gasteiger partial charge >= 0.3 is 5.97 Å². The maximum absolute atomic E-state index is 12.9. The first-order valence-electron chi connectivity index (χ1n) is 11.0. The molecule has 0 aliphatic carbocycles. The van der Waals surface area contributed by atoms with Gasteiger partial charge in [-0.05, 0) is 36.4 Å². The number of primary amides is 1. The highest BCUT2D eigenvalue weighted by atomic mass is 16.5. The van der Waals surface area contributed by atoms with Crippen LogP contribution in [0.5, 0.6) is 5.75 Å². The number of nitrogens with zero attached hydrogens (tertiary/aromatic N) is 2. The third-order valence-electron chi connectivity index (χ3n) is 5.91. The lowest BCUT2D eigenvalue weighted by molar-refractivity contribution is -0.148. The van der Waals surface area contributed by atoms with Gasteiger partial charge in [0.1, 0.15) is 12.3 Å². The average molecular weight is 471 g/mol. The summed E-state index contributed by atoms with van der Waals surface area (Å²) in [6.45, 7) is -0.815. The highest BCUT2D eigenvalue weighted by Crippen LogP contribution is 2.33. The summed E-state index contributed by atoms with van der Waals surface area (Å²) in [5.41, 5.74) is 6.90. The van der Waals surface area contributed by atoms with E-state index in [1.807, 2.05) is 0 Å². The Kier molecular flexibility index (Phi) is 5.66. The SMILES string of the molecule is NC(=O)C1CN(C(=O)COC(=O)Cn2c3ccccc3c(=O)c3ccccc32)c2ccccc2O1. The molecule has 0 radical (unpaired) electrons. The standard InChI is InChI=1S/C26H21N3O6/c27-26(33)22-13-29(20-11-5-6-12-21(20)35-22)23(30)15-34-24(31)14-28-18-9-3-1-7-16(18)25(32)17-8-2-4-10-19(17)28/h1-12,22H,13-15H2,(H2,27,33). The second kappa shape index (κ2) is 8.94. The van der Waals surface area contributed by atoms with E-state index in [-0.39, 0.29) is 18.5 Å². The van der Waals surface area contributed by atoms with Crippen LogP contribution in [0.2, 0.25) is 0 Å². The summed E-state index contributed by atoms with van der Waals surface area (Å²) in [4.78, 5) is 51.6. The molecule has 1 atom stereocenters. The second-order valence-corrected chi connectivity index (χ2v) is 8.09. The van der Waals surface area contributed by atoms with Crippen LogP contribution in [-0.2, 0) is 25.7 Å². The van der Waals surface area contributed by atoms with Gasteiger partial charge in [-0.15, -0.1) is 0 Å². The lowest BCUT2D eigenvalue weighted by atomic mass is 10.1. The van der Waals surface area contributed by atoms with Crippen molar-refractivity contribution in [3.63, 3.8) is 0 Å². The van der Waals surface area contributed by atoms with E-state index in [0.717, 1.165) is 0 Å². The van der Waals surface area contributed by atoms with Gasteiger partial charge in [0.05, 0.1) is 23.3 Å². The van der Waals surface area contributed by atoms with Crippen LogP contribution in [0, 0.1) is 0 Å². The summed E-state index contributed by atoms with van der Waals surface area (Å²) in [5.74, 6) is -1.53. The molecule has 1 unspecified atom stereocenters. The predicted octanol–water partition coefficient (Wildman–Crippen LogP) is 1.98. The topological polar surface area (TPSA) is 121 Å². The number of aromatic nitrogens is 1. The minimum absolute atomic E-state index is 0.0856. The molecule has 1 aliphatic rings. The summed E-state index contributed by atoms with van der Waals surface area (Å²) in [6.07, 6.45) is -1.01. The first kappa shape index (κ1) is 22.1. The fourth-order valence-electron chi connectivity index (χ4n) is 4.26. The fourth-order valence-corrected chi connectivity index (χ4v) is 4.26. The van der Waals surface area contributed by atoms with Crippen molar-refractivity contribution in [1.82, 2.24) is 4.57 Å². The molecule has 176 valence electrons. The number of fused-ring (bicyclic) bond motifs is 3. The van der Waals surface area contributed by atoms with Crippen molar-refractivity contribution in [2.24, 2.45) is 5.73 Å². The third-order valence-corrected chi connectivity index (χ3v) is 5.91. The Hall–Kier alpha value is -4.66. The van der Waals surface area contributed by atoms with Crippen molar-refractivity contribution in [2.75, 3.05) is 18.1 Å². The smallest absolute Gasteiger partial charge is 0.326 e. The Balaban J connectivity index is 1.37. The fraction of sp³-hybridized carbons (Fsp3) is 0.154. The van der Waals surface area contributed by atoms with Gasteiger partial charge in [-0.1, -0.05) is 36.4 Å². The summed E-state index contributed by atoms with van der Waals surface area (Å²) >= 11 is 0. The Bertz CT molecular complexity index is 1480. The van der Waals surface area contributed by atoms with E-state index in [0.29, 0.717) is 33.2 Å². The van der Waals surface area contributed by atoms with Gasteiger partial charge in [0.2, 0.25) is 0 Å². The molecule has 9 nitrogen and oxygen atoms in total. The van der Waals surface area contributed by atoms with Crippen LogP contribution in [0.1, 0.15) is 0 Å². The lowest BCUT2D eigenvalue weighted by Crippen LogP contribution is -2.50. The van der Waals surface area contributed by atoms with E-state index < -0.39 is 30.5 Å². The highest BCUT2D eigenvalue weighted by Gasteiger charge is 2.33. The number of carbonyl (C=O) groups is 3. The Morgan fingerprint density at radius 3 is 2.17 bits per heavy atom. The monoisotopic (exact) mass is 471 g/mol. The number of carbonyl (C=O) groups excluding carboxylic acids is 3. The van der Waals surface area contributed by atoms with Crippen molar-refractivity contribution in [3.8, 4) is 5.75 Å². The Morgan fingerprint density at radius 2 is 1.51 bits per heavy atom. The molecule has 9 heteroatoms. The molecule has 0 saturated carbocycles. The number of pyridine rings is 1. The zero-order valence-corrected chi connectivity index (χ0v) is 18.5. The zero-order valence-electron chi connectivity index (χ0n) is 18.5. The van der Waals surface area contributed by atoms with Crippen LogP contribution < -0.4 is 20.8 Å². The molecule has 1 aromatic heterocycles. The normalized spacial score (nSPS) is 14.9. The number of para-hydroxylation sites is 4. The molecule has 0 saturated heterocycles. The first-order chi connectivity index (χ1) is 16.9. The predicted molar refractivity (Wildman–Crippen MR) is 129 cm³/mol. The van der Waals surface area contributed by atoms with E-state index >= 15 is 0 Å². The molecule has 0 spiro atoms. The average Bonchev–Trinajstić information content (AvgIpc) is 2.89. The van der Waals surface area contributed by atoms with Crippen LogP contribution in [0.25, 0.3) is 21.8 Å². The van der Waals surface area contributed by atoms with Gasteiger partial charge in [0.25, 0.3) is 11.8 Å². The molecule has 2 N–H and O–H groups in total. The Labute approximate surface area is 199 Å². The molecular weight excluding hydrogens is 450 g/mol. The minimum atomic E-state index is -1.01. The molecule has 3 aromatic carbocycles. The number of nitrogens with two attached hydrogens (primary N) is 1. The molecule has 35 heavy (non-hydrogen) atoms. The molecule has 1 aliphatic heterocycles. The van der Waals surface area contributed by atoms with Crippen molar-refractivity contribution in [2.45, 2.75) is 12.6 Å². The van der Waals surface area contributed by atoms with Gasteiger partial charge in [-0.3, -0.25) is 19.2 Å². The quantitative estimate of drug-likeness (QED) is 0.351. The number of rotatable bonds is 5. The number of anilines is 1. The minimum Gasteiger partial charge on any atom is -0.477 e. The van der Waals surface area contributed by atoms with Gasteiger partial charge < -0.3 is 24.7 Å². The van der Waals surface area contributed by atoms with Crippen LogP contribution in [0.3, 0.4) is 0 Å². The Morgan fingerprint density at radius 1 is 0.914 bits per heavy atom. The molecule has 0 bridgehead atoms. The number of hydrogen-bond acceptors (Lipinski definition) is 6. The number of benzene rings is 3. The van der Waals surface area contributed by atoms with Gasteiger partial charge in [0, 0.05) is 10.8 Å². The maximum atomic E-state index is 12.9. The zero-order chi connectivity index (χ0) is 24.5. The summed E-state index contributed by atoms with van der Waals surface area (Å²) in [5, 5.41) is 0.968. The third kappa shape index (κ3) is 4.08. The largest absolute Gasteiger partial charge is 0.477 e. The summed E-state index contributed by atoms with van der Waals surface area (Å²) < 4.78 is 12.6. The summed E-state index contributed by atoms with van der Waals surface area (Å²) in [6, 6.07) is 20.8. The van der Waals surface area contributed by atoms with E-state index in [4.69, 9.17) is 15.2 Å².